The topological polar surface area (TPSA) is 37.3 Å². The zero-order valence-corrected chi connectivity index (χ0v) is 17.6. The molecule has 0 amide bonds. The van der Waals surface area contributed by atoms with E-state index in [0.717, 1.165) is 43.9 Å². The summed E-state index contributed by atoms with van der Waals surface area (Å²) in [4.78, 5) is 12.2. The minimum atomic E-state index is -0.810. The summed E-state index contributed by atoms with van der Waals surface area (Å²) in [5, 5.41) is 11.0. The van der Waals surface area contributed by atoms with Crippen molar-refractivity contribution in [3.05, 3.63) is 11.6 Å². The number of carbonyl (C=O) groups is 1. The lowest BCUT2D eigenvalue weighted by atomic mass is 9.51. The summed E-state index contributed by atoms with van der Waals surface area (Å²) >= 11 is 0. The van der Waals surface area contributed by atoms with Crippen LogP contribution in [0.25, 0.3) is 0 Å². The molecule has 0 aromatic rings. The SMILES string of the molecule is CC(=O)C1CCC2C3CC=C4CC(O)(C#CC(C)C)CCC4C3CCC12C. The Morgan fingerprint density at radius 2 is 1.96 bits per heavy atom. The molecule has 0 bridgehead atoms. The van der Waals surface area contributed by atoms with Gasteiger partial charge < -0.3 is 5.11 Å². The molecule has 0 aromatic heterocycles. The van der Waals surface area contributed by atoms with Crippen molar-refractivity contribution in [3.8, 4) is 11.8 Å². The molecule has 0 radical (unpaired) electrons. The summed E-state index contributed by atoms with van der Waals surface area (Å²) in [5.74, 6) is 10.3. The molecule has 4 aliphatic carbocycles. The molecular weight excluding hydrogens is 332 g/mol. The number of hydrogen-bond acceptors (Lipinski definition) is 2. The number of fused-ring (bicyclic) bond motifs is 5. The number of ketones is 1. The van der Waals surface area contributed by atoms with Crippen LogP contribution >= 0.6 is 0 Å². The predicted molar refractivity (Wildman–Crippen MR) is 109 cm³/mol. The molecule has 7 atom stereocenters. The van der Waals surface area contributed by atoms with E-state index >= 15 is 0 Å². The summed E-state index contributed by atoms with van der Waals surface area (Å²) in [6.07, 6.45) is 11.1. The lowest BCUT2D eigenvalue weighted by Gasteiger charge is -2.54. The third-order valence-corrected chi connectivity index (χ3v) is 8.59. The van der Waals surface area contributed by atoms with Gasteiger partial charge in [0.1, 0.15) is 11.4 Å². The van der Waals surface area contributed by atoms with Gasteiger partial charge >= 0.3 is 0 Å². The molecule has 2 heteroatoms. The third-order valence-electron chi connectivity index (χ3n) is 8.59. The van der Waals surface area contributed by atoms with Crippen LogP contribution in [0.2, 0.25) is 0 Å². The van der Waals surface area contributed by atoms with Crippen LogP contribution in [0, 0.1) is 52.8 Å². The third kappa shape index (κ3) is 3.21. The van der Waals surface area contributed by atoms with Crippen LogP contribution < -0.4 is 0 Å². The standard InChI is InChI=1S/C25H36O2/c1-16(2)9-13-25(27)14-11-19-18(15-25)5-6-21-20(19)10-12-24(4)22(17(3)26)7-8-23(21)24/h5,16,19-23,27H,6-8,10-12,14-15H2,1-4H3. The summed E-state index contributed by atoms with van der Waals surface area (Å²) in [7, 11) is 0. The maximum absolute atomic E-state index is 12.2. The van der Waals surface area contributed by atoms with Crippen molar-refractivity contribution in [2.75, 3.05) is 0 Å². The average Bonchev–Trinajstić information content (AvgIpc) is 2.97. The maximum atomic E-state index is 12.2. The van der Waals surface area contributed by atoms with E-state index in [1.807, 2.05) is 6.92 Å². The van der Waals surface area contributed by atoms with E-state index in [2.05, 4.69) is 38.7 Å². The molecule has 0 saturated heterocycles. The van der Waals surface area contributed by atoms with Gasteiger partial charge in [-0.3, -0.25) is 4.79 Å². The molecule has 0 heterocycles. The van der Waals surface area contributed by atoms with Crippen molar-refractivity contribution >= 4 is 5.78 Å². The van der Waals surface area contributed by atoms with Gasteiger partial charge in [-0.25, -0.2) is 0 Å². The first-order valence-corrected chi connectivity index (χ1v) is 11.2. The highest BCUT2D eigenvalue weighted by molar-refractivity contribution is 5.79. The fourth-order valence-corrected chi connectivity index (χ4v) is 7.35. The van der Waals surface area contributed by atoms with Gasteiger partial charge in [0.2, 0.25) is 0 Å². The van der Waals surface area contributed by atoms with Gasteiger partial charge in [-0.2, -0.15) is 0 Å². The molecule has 3 fully saturated rings. The first-order valence-electron chi connectivity index (χ1n) is 11.2. The van der Waals surface area contributed by atoms with Crippen LogP contribution in [0.15, 0.2) is 11.6 Å². The average molecular weight is 369 g/mol. The Morgan fingerprint density at radius 1 is 1.19 bits per heavy atom. The second-order valence-corrected chi connectivity index (χ2v) is 10.5. The minimum Gasteiger partial charge on any atom is -0.377 e. The fraction of sp³-hybridized carbons (Fsp3) is 0.800. The van der Waals surface area contributed by atoms with Crippen LogP contribution in [0.3, 0.4) is 0 Å². The van der Waals surface area contributed by atoms with E-state index in [1.165, 1.54) is 24.8 Å². The zero-order valence-electron chi connectivity index (χ0n) is 17.6. The van der Waals surface area contributed by atoms with Crippen LogP contribution in [0.4, 0.5) is 0 Å². The van der Waals surface area contributed by atoms with E-state index < -0.39 is 5.60 Å². The molecule has 3 saturated carbocycles. The normalized spacial score (nSPS) is 45.9. The van der Waals surface area contributed by atoms with Crippen LogP contribution in [-0.2, 0) is 4.79 Å². The quantitative estimate of drug-likeness (QED) is 0.513. The highest BCUT2D eigenvalue weighted by Gasteiger charge is 2.57. The molecule has 4 rings (SSSR count). The molecule has 0 aromatic carbocycles. The van der Waals surface area contributed by atoms with E-state index in [9.17, 15) is 9.90 Å². The van der Waals surface area contributed by atoms with Crippen molar-refractivity contribution < 1.29 is 9.90 Å². The Morgan fingerprint density at radius 3 is 2.67 bits per heavy atom. The molecule has 27 heavy (non-hydrogen) atoms. The van der Waals surface area contributed by atoms with Crippen molar-refractivity contribution in [2.45, 2.75) is 84.7 Å². The van der Waals surface area contributed by atoms with Gasteiger partial charge in [-0.1, -0.05) is 44.3 Å². The first kappa shape index (κ1) is 19.3. The molecule has 0 spiro atoms. The number of carbonyl (C=O) groups excluding carboxylic acids is 1. The minimum absolute atomic E-state index is 0.233. The highest BCUT2D eigenvalue weighted by Crippen LogP contribution is 2.63. The molecule has 4 aliphatic rings. The Labute approximate surface area is 165 Å². The maximum Gasteiger partial charge on any atom is 0.133 e. The second kappa shape index (κ2) is 6.77. The van der Waals surface area contributed by atoms with E-state index in [-0.39, 0.29) is 11.3 Å². The Hall–Kier alpha value is -1.07. The van der Waals surface area contributed by atoms with Crippen molar-refractivity contribution in [1.82, 2.24) is 0 Å². The number of aliphatic hydroxyl groups is 1. The van der Waals surface area contributed by atoms with Crippen LogP contribution in [0.5, 0.6) is 0 Å². The van der Waals surface area contributed by atoms with Gasteiger partial charge in [0.15, 0.2) is 0 Å². The molecule has 148 valence electrons. The lowest BCUT2D eigenvalue weighted by molar-refractivity contribution is -0.126. The predicted octanol–water partition coefficient (Wildman–Crippen LogP) is 5.15. The van der Waals surface area contributed by atoms with Gasteiger partial charge in [0.25, 0.3) is 0 Å². The van der Waals surface area contributed by atoms with Gasteiger partial charge in [-0.15, -0.1) is 0 Å². The summed E-state index contributed by atoms with van der Waals surface area (Å²) < 4.78 is 0. The van der Waals surface area contributed by atoms with Crippen LogP contribution in [-0.4, -0.2) is 16.5 Å². The van der Waals surface area contributed by atoms with Crippen molar-refractivity contribution in [3.63, 3.8) is 0 Å². The molecule has 2 nitrogen and oxygen atoms in total. The van der Waals surface area contributed by atoms with E-state index in [0.29, 0.717) is 23.5 Å². The van der Waals surface area contributed by atoms with Gasteiger partial charge in [0.05, 0.1) is 0 Å². The van der Waals surface area contributed by atoms with Crippen LogP contribution in [0.1, 0.15) is 79.1 Å². The van der Waals surface area contributed by atoms with Crippen molar-refractivity contribution in [1.29, 1.82) is 0 Å². The second-order valence-electron chi connectivity index (χ2n) is 10.5. The Balaban J connectivity index is 1.55. The summed E-state index contributed by atoms with van der Waals surface area (Å²) in [6.45, 7) is 8.39. The zero-order chi connectivity index (χ0) is 19.4. The summed E-state index contributed by atoms with van der Waals surface area (Å²) in [5.41, 5.74) is 0.902. The van der Waals surface area contributed by atoms with Crippen molar-refractivity contribution in [2.24, 2.45) is 40.9 Å². The molecular formula is C25H36O2. The van der Waals surface area contributed by atoms with Gasteiger partial charge in [0, 0.05) is 18.3 Å². The first-order chi connectivity index (χ1) is 12.7. The van der Waals surface area contributed by atoms with E-state index in [1.54, 1.807) is 0 Å². The van der Waals surface area contributed by atoms with Gasteiger partial charge in [-0.05, 0) is 81.0 Å². The number of Topliss-reactive ketones (excluding diaryl/α,β-unsaturated/α-hetero) is 1. The Bertz CT molecular complexity index is 708. The molecule has 7 unspecified atom stereocenters. The smallest absolute Gasteiger partial charge is 0.133 e. The largest absolute Gasteiger partial charge is 0.377 e. The number of allylic oxidation sites excluding steroid dienone is 1. The summed E-state index contributed by atoms with van der Waals surface area (Å²) in [6, 6.07) is 0. The molecule has 1 N–H and O–H groups in total. The number of hydrogen-bond donors (Lipinski definition) is 1. The number of rotatable bonds is 1. The Kier molecular flexibility index (Phi) is 4.83. The lowest BCUT2D eigenvalue weighted by Crippen LogP contribution is -2.48. The molecule has 0 aliphatic heterocycles. The monoisotopic (exact) mass is 368 g/mol. The highest BCUT2D eigenvalue weighted by atomic mass is 16.3. The fourth-order valence-electron chi connectivity index (χ4n) is 7.35. The van der Waals surface area contributed by atoms with E-state index in [4.69, 9.17) is 0 Å².